The van der Waals surface area contributed by atoms with Crippen LogP contribution in [0.5, 0.6) is 5.75 Å². The van der Waals surface area contributed by atoms with Crippen LogP contribution in [0.15, 0.2) is 17.0 Å². The average molecular weight is 314 g/mol. The lowest BCUT2D eigenvalue weighted by molar-refractivity contribution is 0.402. The van der Waals surface area contributed by atoms with Crippen LogP contribution in [0.2, 0.25) is 0 Å². The van der Waals surface area contributed by atoms with Gasteiger partial charge >= 0.3 is 0 Å². The van der Waals surface area contributed by atoms with Crippen LogP contribution in [0, 0.1) is 13.8 Å². The van der Waals surface area contributed by atoms with Crippen molar-refractivity contribution in [3.05, 3.63) is 23.5 Å². The second-order valence-corrected chi connectivity index (χ2v) is 6.51. The maximum Gasteiger partial charge on any atom is 0.267 e. The molecule has 2 rings (SSSR count). The van der Waals surface area contributed by atoms with Gasteiger partial charge in [0.15, 0.2) is 0 Å². The van der Waals surface area contributed by atoms with Gasteiger partial charge in [0, 0.05) is 17.2 Å². The van der Waals surface area contributed by atoms with Crippen LogP contribution in [0.4, 0.5) is 10.8 Å². The molecule has 7 nitrogen and oxygen atoms in total. The number of sulfonamides is 1. The van der Waals surface area contributed by atoms with E-state index in [0.29, 0.717) is 11.5 Å². The van der Waals surface area contributed by atoms with Crippen LogP contribution >= 0.6 is 11.5 Å². The Balaban J connectivity index is 2.46. The van der Waals surface area contributed by atoms with E-state index in [-0.39, 0.29) is 15.8 Å². The fraction of sp³-hybridized carbons (Fsp3) is 0.273. The number of aryl methyl sites for hydroxylation is 2. The van der Waals surface area contributed by atoms with E-state index >= 15 is 0 Å². The van der Waals surface area contributed by atoms with Crippen LogP contribution in [-0.4, -0.2) is 24.9 Å². The van der Waals surface area contributed by atoms with Crippen molar-refractivity contribution < 1.29 is 13.2 Å². The maximum absolute atomic E-state index is 12.3. The number of rotatable bonds is 4. The standard InChI is InChI=1S/C11H14N4O3S2/c1-6-4-9(18-3)10(5-8(6)12)20(16,17)15-11-13-7(2)14-19-11/h4-5H,12H2,1-3H3,(H,13,14,15). The Bertz CT molecular complexity index is 740. The average Bonchev–Trinajstić information content (AvgIpc) is 2.76. The molecule has 1 aromatic heterocycles. The Morgan fingerprint density at radius 3 is 2.60 bits per heavy atom. The van der Waals surface area contributed by atoms with Crippen molar-refractivity contribution in [2.45, 2.75) is 18.7 Å². The van der Waals surface area contributed by atoms with E-state index in [9.17, 15) is 8.42 Å². The van der Waals surface area contributed by atoms with Crippen molar-refractivity contribution in [3.8, 4) is 5.75 Å². The molecule has 0 saturated carbocycles. The zero-order valence-electron chi connectivity index (χ0n) is 11.2. The predicted octanol–water partition coefficient (Wildman–Crippen LogP) is 1.55. The number of benzene rings is 1. The van der Waals surface area contributed by atoms with Gasteiger partial charge in [0.05, 0.1) is 7.11 Å². The Labute approximate surface area is 121 Å². The summed E-state index contributed by atoms with van der Waals surface area (Å²) in [7, 11) is -2.43. The lowest BCUT2D eigenvalue weighted by Gasteiger charge is -2.12. The molecule has 0 aliphatic heterocycles. The summed E-state index contributed by atoms with van der Waals surface area (Å²) < 4.78 is 36.1. The quantitative estimate of drug-likeness (QED) is 0.829. The summed E-state index contributed by atoms with van der Waals surface area (Å²) in [6.07, 6.45) is 0. The second kappa shape index (κ2) is 5.25. The summed E-state index contributed by atoms with van der Waals surface area (Å²) in [6.45, 7) is 3.45. The summed E-state index contributed by atoms with van der Waals surface area (Å²) in [4.78, 5) is 3.93. The third kappa shape index (κ3) is 2.83. The lowest BCUT2D eigenvalue weighted by Crippen LogP contribution is -2.14. The number of hydrogen-bond acceptors (Lipinski definition) is 7. The molecule has 0 amide bonds. The molecule has 0 radical (unpaired) electrons. The van der Waals surface area contributed by atoms with Crippen molar-refractivity contribution in [1.82, 2.24) is 9.36 Å². The van der Waals surface area contributed by atoms with E-state index in [1.54, 1.807) is 19.9 Å². The number of nitrogens with zero attached hydrogens (tertiary/aromatic N) is 2. The lowest BCUT2D eigenvalue weighted by atomic mass is 10.2. The molecule has 9 heteroatoms. The number of ether oxygens (including phenoxy) is 1. The Hall–Kier alpha value is -1.87. The first kappa shape index (κ1) is 14.5. The summed E-state index contributed by atoms with van der Waals surface area (Å²) in [6, 6.07) is 2.94. The molecule has 0 fully saturated rings. The molecule has 0 aliphatic carbocycles. The van der Waals surface area contributed by atoms with Gasteiger partial charge in [0.2, 0.25) is 5.13 Å². The van der Waals surface area contributed by atoms with E-state index in [1.165, 1.54) is 13.2 Å². The highest BCUT2D eigenvalue weighted by atomic mass is 32.2. The van der Waals surface area contributed by atoms with Crippen LogP contribution in [0.3, 0.4) is 0 Å². The summed E-state index contributed by atoms with van der Waals surface area (Å²) in [5.74, 6) is 0.730. The number of hydrogen-bond donors (Lipinski definition) is 2. The zero-order chi connectivity index (χ0) is 14.9. The topological polar surface area (TPSA) is 107 Å². The van der Waals surface area contributed by atoms with E-state index < -0.39 is 10.0 Å². The number of nitrogens with one attached hydrogen (secondary N) is 1. The van der Waals surface area contributed by atoms with Crippen LogP contribution < -0.4 is 15.2 Å². The molecule has 0 bridgehead atoms. The molecule has 3 N–H and O–H groups in total. The van der Waals surface area contributed by atoms with E-state index in [1.807, 2.05) is 0 Å². The molecule has 1 heterocycles. The van der Waals surface area contributed by atoms with E-state index in [0.717, 1.165) is 17.1 Å². The fourth-order valence-electron chi connectivity index (χ4n) is 1.56. The molecule has 0 aliphatic rings. The van der Waals surface area contributed by atoms with Gasteiger partial charge < -0.3 is 10.5 Å². The first-order valence-electron chi connectivity index (χ1n) is 5.60. The summed E-state index contributed by atoms with van der Waals surface area (Å²) in [5, 5.41) is 0.198. The van der Waals surface area contributed by atoms with Gasteiger partial charge in [-0.15, -0.1) is 0 Å². The minimum absolute atomic E-state index is 0.0315. The highest BCUT2D eigenvalue weighted by molar-refractivity contribution is 7.93. The second-order valence-electron chi connectivity index (χ2n) is 4.11. The Morgan fingerprint density at radius 1 is 1.35 bits per heavy atom. The highest BCUT2D eigenvalue weighted by Crippen LogP contribution is 2.30. The smallest absolute Gasteiger partial charge is 0.267 e. The minimum atomic E-state index is -3.83. The van der Waals surface area contributed by atoms with Gasteiger partial charge in [-0.25, -0.2) is 13.4 Å². The van der Waals surface area contributed by atoms with Gasteiger partial charge in [0.25, 0.3) is 10.0 Å². The van der Waals surface area contributed by atoms with E-state index in [4.69, 9.17) is 10.5 Å². The Kier molecular flexibility index (Phi) is 3.82. The molecular formula is C11H14N4O3S2. The monoisotopic (exact) mass is 314 g/mol. The third-order valence-corrected chi connectivity index (χ3v) is 4.80. The van der Waals surface area contributed by atoms with E-state index in [2.05, 4.69) is 14.1 Å². The summed E-state index contributed by atoms with van der Waals surface area (Å²) in [5.41, 5.74) is 6.88. The zero-order valence-corrected chi connectivity index (χ0v) is 12.8. The van der Waals surface area contributed by atoms with Crippen LogP contribution in [0.1, 0.15) is 11.4 Å². The fourth-order valence-corrected chi connectivity index (χ4v) is 3.54. The van der Waals surface area contributed by atoms with Crippen LogP contribution in [0.25, 0.3) is 0 Å². The number of nitrogens with two attached hydrogens (primary N) is 1. The number of aromatic nitrogens is 2. The van der Waals surface area contributed by atoms with Gasteiger partial charge in [-0.1, -0.05) is 0 Å². The number of methoxy groups -OCH3 is 1. The SMILES string of the molecule is COc1cc(C)c(N)cc1S(=O)(=O)Nc1nc(C)ns1. The molecule has 0 atom stereocenters. The summed E-state index contributed by atoms with van der Waals surface area (Å²) >= 11 is 0.968. The molecular weight excluding hydrogens is 300 g/mol. The van der Waals surface area contributed by atoms with Crippen molar-refractivity contribution in [2.75, 3.05) is 17.6 Å². The van der Waals surface area contributed by atoms with Crippen molar-refractivity contribution >= 4 is 32.4 Å². The number of nitrogen functional groups attached to an aromatic ring is 1. The molecule has 2 aromatic rings. The minimum Gasteiger partial charge on any atom is -0.495 e. The van der Waals surface area contributed by atoms with Gasteiger partial charge in [-0.3, -0.25) is 4.72 Å². The van der Waals surface area contributed by atoms with Crippen molar-refractivity contribution in [3.63, 3.8) is 0 Å². The Morgan fingerprint density at radius 2 is 2.05 bits per heavy atom. The molecule has 0 unspecified atom stereocenters. The maximum atomic E-state index is 12.3. The van der Waals surface area contributed by atoms with Gasteiger partial charge in [-0.05, 0) is 31.5 Å². The first-order chi connectivity index (χ1) is 9.33. The molecule has 108 valence electrons. The first-order valence-corrected chi connectivity index (χ1v) is 7.86. The highest BCUT2D eigenvalue weighted by Gasteiger charge is 2.22. The van der Waals surface area contributed by atoms with Crippen LogP contribution in [-0.2, 0) is 10.0 Å². The largest absolute Gasteiger partial charge is 0.495 e. The predicted molar refractivity (Wildman–Crippen MR) is 77.6 cm³/mol. The van der Waals surface area contributed by atoms with Gasteiger partial charge in [0.1, 0.15) is 16.5 Å². The molecule has 20 heavy (non-hydrogen) atoms. The van der Waals surface area contributed by atoms with Gasteiger partial charge in [-0.2, -0.15) is 4.37 Å². The molecule has 0 saturated heterocycles. The number of anilines is 2. The molecule has 0 spiro atoms. The third-order valence-electron chi connectivity index (χ3n) is 2.59. The normalized spacial score (nSPS) is 11.3. The molecule has 1 aromatic carbocycles. The van der Waals surface area contributed by atoms with Crippen molar-refractivity contribution in [2.24, 2.45) is 0 Å². The van der Waals surface area contributed by atoms with Crippen molar-refractivity contribution in [1.29, 1.82) is 0 Å².